The monoisotopic (exact) mass is 456 g/mol. The molecule has 5 aromatic rings. The van der Waals surface area contributed by atoms with Crippen LogP contribution in [-0.4, -0.2) is 35.2 Å². The molecular formula is C20H12F4N8O. The minimum absolute atomic E-state index is 0.0414. The SMILES string of the molecule is Nc1ncnc2cc(-c3cn(Cc4cc(F)c(-c5nnc(C(F)F)o5)cc4F)nn3)ccc12. The van der Waals surface area contributed by atoms with E-state index >= 15 is 0 Å². The van der Waals surface area contributed by atoms with Gasteiger partial charge < -0.3 is 10.2 Å². The topological polar surface area (TPSA) is 121 Å². The van der Waals surface area contributed by atoms with Gasteiger partial charge in [-0.2, -0.15) is 8.78 Å². The second-order valence-electron chi connectivity index (χ2n) is 6.96. The zero-order valence-electron chi connectivity index (χ0n) is 16.5. The van der Waals surface area contributed by atoms with Gasteiger partial charge in [0.05, 0.1) is 23.8 Å². The number of anilines is 1. The molecule has 0 aliphatic carbocycles. The minimum atomic E-state index is -3.02. The van der Waals surface area contributed by atoms with Crippen molar-refractivity contribution in [1.29, 1.82) is 0 Å². The van der Waals surface area contributed by atoms with Crippen LogP contribution in [0, 0.1) is 11.6 Å². The van der Waals surface area contributed by atoms with Crippen molar-refractivity contribution in [2.24, 2.45) is 0 Å². The van der Waals surface area contributed by atoms with Crippen molar-refractivity contribution in [3.05, 3.63) is 65.9 Å². The van der Waals surface area contributed by atoms with Gasteiger partial charge in [0.15, 0.2) is 0 Å². The van der Waals surface area contributed by atoms with Crippen molar-refractivity contribution in [3.63, 3.8) is 0 Å². The highest BCUT2D eigenvalue weighted by Gasteiger charge is 2.21. The van der Waals surface area contributed by atoms with E-state index in [-0.39, 0.29) is 12.1 Å². The summed E-state index contributed by atoms with van der Waals surface area (Å²) in [5, 5.41) is 15.2. The van der Waals surface area contributed by atoms with Crippen LogP contribution < -0.4 is 5.73 Å². The Morgan fingerprint density at radius 3 is 2.64 bits per heavy atom. The molecule has 13 heteroatoms. The molecular weight excluding hydrogens is 444 g/mol. The Bertz CT molecular complexity index is 1480. The number of nitrogens with two attached hydrogens (primary N) is 1. The van der Waals surface area contributed by atoms with Crippen molar-refractivity contribution in [2.45, 2.75) is 13.0 Å². The fraction of sp³-hybridized carbons (Fsp3) is 0.100. The van der Waals surface area contributed by atoms with Crippen LogP contribution in [0.25, 0.3) is 33.6 Å². The third-order valence-corrected chi connectivity index (χ3v) is 4.83. The molecule has 9 nitrogen and oxygen atoms in total. The molecule has 5 rings (SSSR count). The molecule has 0 saturated heterocycles. The smallest absolute Gasteiger partial charge is 0.314 e. The van der Waals surface area contributed by atoms with E-state index in [4.69, 9.17) is 10.2 Å². The lowest BCUT2D eigenvalue weighted by molar-refractivity contribution is 0.116. The van der Waals surface area contributed by atoms with Gasteiger partial charge in [-0.25, -0.2) is 23.4 Å². The maximum absolute atomic E-state index is 14.6. The van der Waals surface area contributed by atoms with Crippen molar-refractivity contribution in [3.8, 4) is 22.7 Å². The van der Waals surface area contributed by atoms with E-state index in [1.54, 1.807) is 24.4 Å². The maximum atomic E-state index is 14.6. The quantitative estimate of drug-likeness (QED) is 0.397. The van der Waals surface area contributed by atoms with Gasteiger partial charge in [-0.1, -0.05) is 11.3 Å². The molecule has 2 N–H and O–H groups in total. The average Bonchev–Trinajstić information content (AvgIpc) is 3.46. The summed E-state index contributed by atoms with van der Waals surface area (Å²) < 4.78 is 60.4. The van der Waals surface area contributed by atoms with Gasteiger partial charge >= 0.3 is 6.43 Å². The lowest BCUT2D eigenvalue weighted by Crippen LogP contribution is -2.04. The van der Waals surface area contributed by atoms with Gasteiger partial charge in [-0.3, -0.25) is 0 Å². The van der Waals surface area contributed by atoms with Crippen LogP contribution in [0.5, 0.6) is 0 Å². The third-order valence-electron chi connectivity index (χ3n) is 4.83. The number of hydrogen-bond acceptors (Lipinski definition) is 8. The largest absolute Gasteiger partial charge is 0.415 e. The van der Waals surface area contributed by atoms with Crippen LogP contribution in [0.15, 0.2) is 47.3 Å². The van der Waals surface area contributed by atoms with Crippen LogP contribution in [0.3, 0.4) is 0 Å². The van der Waals surface area contributed by atoms with Crippen LogP contribution in [0.4, 0.5) is 23.4 Å². The Hall–Kier alpha value is -4.42. The highest BCUT2D eigenvalue weighted by molar-refractivity contribution is 5.90. The van der Waals surface area contributed by atoms with E-state index in [0.717, 1.165) is 12.1 Å². The first-order chi connectivity index (χ1) is 15.9. The second-order valence-corrected chi connectivity index (χ2v) is 6.96. The number of nitrogens with zero attached hydrogens (tertiary/aromatic N) is 7. The molecule has 0 radical (unpaired) electrons. The molecule has 2 aromatic carbocycles. The van der Waals surface area contributed by atoms with Crippen molar-refractivity contribution in [2.75, 3.05) is 5.73 Å². The Balaban J connectivity index is 1.40. The summed E-state index contributed by atoms with van der Waals surface area (Å²) in [5.74, 6) is -2.90. The summed E-state index contributed by atoms with van der Waals surface area (Å²) in [5.41, 5.74) is 7.16. The maximum Gasteiger partial charge on any atom is 0.314 e. The van der Waals surface area contributed by atoms with Crippen LogP contribution in [-0.2, 0) is 6.54 Å². The Morgan fingerprint density at radius 1 is 1.00 bits per heavy atom. The standard InChI is InChI=1S/C20H12F4N8O/c21-13-5-12(19-29-30-20(33-19)17(23)24)14(22)3-10(13)6-32-7-16(28-31-32)9-1-2-11-15(4-9)26-8-27-18(11)25/h1-5,7-8,17H,6H2,(H2,25,26,27). The number of hydrogen-bond donors (Lipinski definition) is 1. The van der Waals surface area contributed by atoms with Gasteiger partial charge in [0.1, 0.15) is 29.5 Å². The molecule has 0 saturated carbocycles. The first-order valence-electron chi connectivity index (χ1n) is 9.39. The molecule has 0 spiro atoms. The van der Waals surface area contributed by atoms with E-state index in [9.17, 15) is 17.6 Å². The highest BCUT2D eigenvalue weighted by atomic mass is 19.3. The minimum Gasteiger partial charge on any atom is -0.415 e. The molecule has 0 aliphatic rings. The number of nitrogen functional groups attached to an aromatic ring is 1. The van der Waals surface area contributed by atoms with Gasteiger partial charge in [0, 0.05) is 16.5 Å². The zero-order chi connectivity index (χ0) is 23.1. The Labute approximate surface area is 181 Å². The summed E-state index contributed by atoms with van der Waals surface area (Å²) in [6.07, 6.45) is -0.112. The summed E-state index contributed by atoms with van der Waals surface area (Å²) >= 11 is 0. The van der Waals surface area contributed by atoms with E-state index in [0.29, 0.717) is 28.0 Å². The van der Waals surface area contributed by atoms with Gasteiger partial charge in [0.2, 0.25) is 0 Å². The lowest BCUT2D eigenvalue weighted by Gasteiger charge is -2.06. The average molecular weight is 456 g/mol. The molecule has 33 heavy (non-hydrogen) atoms. The number of benzene rings is 2. The second kappa shape index (κ2) is 7.93. The number of aromatic nitrogens is 7. The molecule has 0 aliphatic heterocycles. The molecule has 166 valence electrons. The first-order valence-corrected chi connectivity index (χ1v) is 9.39. The van der Waals surface area contributed by atoms with Gasteiger partial charge in [-0.05, 0) is 24.3 Å². The lowest BCUT2D eigenvalue weighted by atomic mass is 10.1. The molecule has 0 amide bonds. The third kappa shape index (κ3) is 3.84. The van der Waals surface area contributed by atoms with Crippen molar-refractivity contribution < 1.29 is 22.0 Å². The fourth-order valence-corrected chi connectivity index (χ4v) is 3.22. The molecule has 3 aromatic heterocycles. The first kappa shape index (κ1) is 20.5. The predicted octanol–water partition coefficient (Wildman–Crippen LogP) is 3.78. The van der Waals surface area contributed by atoms with Gasteiger partial charge in [-0.15, -0.1) is 15.3 Å². The van der Waals surface area contributed by atoms with Crippen LogP contribution in [0.2, 0.25) is 0 Å². The fourth-order valence-electron chi connectivity index (χ4n) is 3.22. The van der Waals surface area contributed by atoms with Crippen LogP contribution >= 0.6 is 0 Å². The molecule has 0 fully saturated rings. The summed E-state index contributed by atoms with van der Waals surface area (Å²) in [7, 11) is 0. The Kier molecular flexibility index (Phi) is 4.92. The molecule has 0 bridgehead atoms. The summed E-state index contributed by atoms with van der Waals surface area (Å²) in [6.45, 7) is -0.134. The van der Waals surface area contributed by atoms with E-state index in [2.05, 4.69) is 30.5 Å². The van der Waals surface area contributed by atoms with E-state index < -0.39 is 35.4 Å². The normalized spacial score (nSPS) is 11.5. The van der Waals surface area contributed by atoms with Crippen molar-refractivity contribution in [1.82, 2.24) is 35.2 Å². The van der Waals surface area contributed by atoms with Gasteiger partial charge in [0.25, 0.3) is 11.8 Å². The van der Waals surface area contributed by atoms with E-state index in [1.165, 1.54) is 11.0 Å². The number of alkyl halides is 2. The van der Waals surface area contributed by atoms with Crippen molar-refractivity contribution >= 4 is 16.7 Å². The summed E-state index contributed by atoms with van der Waals surface area (Å²) in [4.78, 5) is 8.10. The summed E-state index contributed by atoms with van der Waals surface area (Å²) in [6, 6.07) is 6.99. The molecule has 0 atom stereocenters. The number of fused-ring (bicyclic) bond motifs is 1. The molecule has 3 heterocycles. The molecule has 0 unspecified atom stereocenters. The Morgan fingerprint density at radius 2 is 1.85 bits per heavy atom. The zero-order valence-corrected chi connectivity index (χ0v) is 16.5. The number of halogens is 4. The predicted molar refractivity (Wildman–Crippen MR) is 107 cm³/mol. The number of rotatable bonds is 5. The van der Waals surface area contributed by atoms with Crippen LogP contribution in [0.1, 0.15) is 17.9 Å². The highest BCUT2D eigenvalue weighted by Crippen LogP contribution is 2.28. The van der Waals surface area contributed by atoms with E-state index in [1.807, 2.05) is 0 Å².